The van der Waals surface area contributed by atoms with Crippen LogP contribution in [0.2, 0.25) is 10.0 Å². The molecule has 27 heavy (non-hydrogen) atoms. The number of aromatic nitrogens is 3. The lowest BCUT2D eigenvalue weighted by molar-refractivity contribution is -0.190. The summed E-state index contributed by atoms with van der Waals surface area (Å²) in [5, 5.41) is 5.17. The number of para-hydroxylation sites is 1. The van der Waals surface area contributed by atoms with E-state index in [1.165, 1.54) is 6.33 Å². The average Bonchev–Trinajstić information content (AvgIpc) is 3.32. The predicted molar refractivity (Wildman–Crippen MR) is 101 cm³/mol. The summed E-state index contributed by atoms with van der Waals surface area (Å²) in [5.74, 6) is -0.320. The summed E-state index contributed by atoms with van der Waals surface area (Å²) in [6, 6.07) is 14.8. The van der Waals surface area contributed by atoms with Gasteiger partial charge in [-0.3, -0.25) is 0 Å². The van der Waals surface area contributed by atoms with Gasteiger partial charge in [0.15, 0.2) is 0 Å². The lowest BCUT2D eigenvalue weighted by atomic mass is 10.1. The Morgan fingerprint density at radius 1 is 1.19 bits per heavy atom. The van der Waals surface area contributed by atoms with E-state index in [1.54, 1.807) is 23.1 Å². The molecule has 1 saturated heterocycles. The van der Waals surface area contributed by atoms with E-state index < -0.39 is 5.79 Å². The molecule has 0 aliphatic carbocycles. The molecule has 0 amide bonds. The molecule has 140 valence electrons. The molecule has 6 nitrogen and oxygen atoms in total. The third kappa shape index (κ3) is 4.09. The quantitative estimate of drug-likeness (QED) is 0.621. The summed E-state index contributed by atoms with van der Waals surface area (Å²) < 4.78 is 19.8. The third-order valence-electron chi connectivity index (χ3n) is 4.22. The fraction of sp³-hybridized carbons (Fsp3) is 0.263. The molecule has 0 bridgehead atoms. The van der Waals surface area contributed by atoms with Gasteiger partial charge in [-0.15, -0.1) is 0 Å². The van der Waals surface area contributed by atoms with E-state index in [0.29, 0.717) is 35.4 Å². The summed E-state index contributed by atoms with van der Waals surface area (Å²) in [4.78, 5) is 3.98. The number of halogens is 2. The molecule has 0 N–H and O–H groups in total. The van der Waals surface area contributed by atoms with Crippen LogP contribution in [0.25, 0.3) is 0 Å². The number of benzene rings is 2. The van der Waals surface area contributed by atoms with Crippen molar-refractivity contribution >= 4 is 23.2 Å². The van der Waals surface area contributed by atoms with E-state index in [0.717, 1.165) is 5.75 Å². The molecule has 2 aromatic carbocycles. The molecule has 2 heterocycles. The van der Waals surface area contributed by atoms with Crippen LogP contribution in [0.3, 0.4) is 0 Å². The van der Waals surface area contributed by atoms with Crippen molar-refractivity contribution in [2.45, 2.75) is 18.4 Å². The van der Waals surface area contributed by atoms with Gasteiger partial charge < -0.3 is 14.2 Å². The van der Waals surface area contributed by atoms with Crippen molar-refractivity contribution in [3.63, 3.8) is 0 Å². The van der Waals surface area contributed by atoms with Crippen molar-refractivity contribution in [3.8, 4) is 5.75 Å². The van der Waals surface area contributed by atoms with Gasteiger partial charge in [-0.1, -0.05) is 47.5 Å². The first-order valence-corrected chi connectivity index (χ1v) is 9.18. The monoisotopic (exact) mass is 405 g/mol. The van der Waals surface area contributed by atoms with E-state index in [4.69, 9.17) is 37.4 Å². The standard InChI is InChI=1S/C19H17Cl2N3O3/c20-14-6-7-17(18(21)8-14)19(11-24-13-22-12-23-24)26-10-16(27-19)9-25-15-4-2-1-3-5-15/h1-8,12-13,16H,9-11H2. The maximum absolute atomic E-state index is 6.44. The molecular formula is C19H17Cl2N3O3. The summed E-state index contributed by atoms with van der Waals surface area (Å²) >= 11 is 12.5. The zero-order valence-electron chi connectivity index (χ0n) is 14.3. The summed E-state index contributed by atoms with van der Waals surface area (Å²) in [6.07, 6.45) is 2.80. The van der Waals surface area contributed by atoms with Crippen LogP contribution in [-0.2, 0) is 21.8 Å². The van der Waals surface area contributed by atoms with Gasteiger partial charge in [0.1, 0.15) is 37.7 Å². The lowest BCUT2D eigenvalue weighted by Crippen LogP contribution is -2.35. The summed E-state index contributed by atoms with van der Waals surface area (Å²) in [5.41, 5.74) is 0.686. The highest BCUT2D eigenvalue weighted by Gasteiger charge is 2.45. The van der Waals surface area contributed by atoms with Crippen molar-refractivity contribution in [1.29, 1.82) is 0 Å². The number of ether oxygens (including phenoxy) is 3. The van der Waals surface area contributed by atoms with Crippen LogP contribution in [0.15, 0.2) is 61.2 Å². The second kappa shape index (κ2) is 7.86. The van der Waals surface area contributed by atoms with E-state index in [1.807, 2.05) is 36.4 Å². The number of rotatable bonds is 6. The zero-order chi connectivity index (χ0) is 18.7. The van der Waals surface area contributed by atoms with Crippen molar-refractivity contribution in [2.75, 3.05) is 13.2 Å². The van der Waals surface area contributed by atoms with Crippen LogP contribution in [0.4, 0.5) is 0 Å². The maximum atomic E-state index is 6.44. The average molecular weight is 406 g/mol. The largest absolute Gasteiger partial charge is 0.491 e. The van der Waals surface area contributed by atoms with Crippen molar-refractivity contribution < 1.29 is 14.2 Å². The Kier molecular flexibility index (Phi) is 5.31. The molecule has 1 fully saturated rings. The second-order valence-corrected chi connectivity index (χ2v) is 6.99. The molecule has 0 saturated carbocycles. The first-order chi connectivity index (χ1) is 13.1. The van der Waals surface area contributed by atoms with E-state index >= 15 is 0 Å². The van der Waals surface area contributed by atoms with Crippen LogP contribution in [0.1, 0.15) is 5.56 Å². The SMILES string of the molecule is Clc1ccc(C2(Cn3cncn3)OCC(COc3ccccc3)O2)c(Cl)c1. The molecule has 2 atom stereocenters. The Balaban J connectivity index is 1.56. The van der Waals surface area contributed by atoms with Gasteiger partial charge >= 0.3 is 0 Å². The smallest absolute Gasteiger partial charge is 0.217 e. The normalized spacial score (nSPS) is 22.1. The Bertz CT molecular complexity index is 892. The fourth-order valence-electron chi connectivity index (χ4n) is 2.99. The van der Waals surface area contributed by atoms with Gasteiger partial charge in [0.25, 0.3) is 0 Å². The summed E-state index contributed by atoms with van der Waals surface area (Å²) in [7, 11) is 0. The number of hydrogen-bond donors (Lipinski definition) is 0. The van der Waals surface area contributed by atoms with E-state index in [2.05, 4.69) is 10.1 Å². The molecule has 0 spiro atoms. The molecule has 1 aliphatic rings. The minimum atomic E-state index is -1.10. The Labute approximate surface area is 166 Å². The highest BCUT2D eigenvalue weighted by molar-refractivity contribution is 6.35. The molecule has 8 heteroatoms. The summed E-state index contributed by atoms with van der Waals surface area (Å²) in [6.45, 7) is 1.02. The molecular weight excluding hydrogens is 389 g/mol. The molecule has 0 radical (unpaired) electrons. The first kappa shape index (κ1) is 18.3. The Morgan fingerprint density at radius 3 is 2.78 bits per heavy atom. The van der Waals surface area contributed by atoms with Crippen LogP contribution >= 0.6 is 23.2 Å². The van der Waals surface area contributed by atoms with Crippen LogP contribution in [-0.4, -0.2) is 34.1 Å². The van der Waals surface area contributed by atoms with E-state index in [-0.39, 0.29) is 6.10 Å². The van der Waals surface area contributed by atoms with E-state index in [9.17, 15) is 0 Å². The minimum Gasteiger partial charge on any atom is -0.491 e. The molecule has 1 aromatic heterocycles. The minimum absolute atomic E-state index is 0.263. The van der Waals surface area contributed by atoms with Gasteiger partial charge in [-0.2, -0.15) is 5.10 Å². The van der Waals surface area contributed by atoms with Crippen molar-refractivity contribution in [2.24, 2.45) is 0 Å². The Hall–Kier alpha value is -2.12. The zero-order valence-corrected chi connectivity index (χ0v) is 15.8. The third-order valence-corrected chi connectivity index (χ3v) is 4.76. The van der Waals surface area contributed by atoms with Gasteiger partial charge in [-0.05, 0) is 24.3 Å². The first-order valence-electron chi connectivity index (χ1n) is 8.42. The molecule has 4 rings (SSSR count). The second-order valence-electron chi connectivity index (χ2n) is 6.15. The van der Waals surface area contributed by atoms with Gasteiger partial charge in [-0.25, -0.2) is 9.67 Å². The number of hydrogen-bond acceptors (Lipinski definition) is 5. The number of nitrogens with zero attached hydrogens (tertiary/aromatic N) is 3. The maximum Gasteiger partial charge on any atom is 0.217 e. The van der Waals surface area contributed by atoms with Gasteiger partial charge in [0.2, 0.25) is 5.79 Å². The molecule has 1 aliphatic heterocycles. The topological polar surface area (TPSA) is 58.4 Å². The van der Waals surface area contributed by atoms with Gasteiger partial charge in [0, 0.05) is 10.6 Å². The van der Waals surface area contributed by atoms with Crippen molar-refractivity contribution in [3.05, 3.63) is 76.8 Å². The predicted octanol–water partition coefficient (Wildman–Crippen LogP) is 3.93. The lowest BCUT2D eigenvalue weighted by Gasteiger charge is -2.29. The molecule has 3 aromatic rings. The highest BCUT2D eigenvalue weighted by Crippen LogP contribution is 2.40. The van der Waals surface area contributed by atoms with Crippen LogP contribution in [0.5, 0.6) is 5.75 Å². The van der Waals surface area contributed by atoms with Crippen molar-refractivity contribution in [1.82, 2.24) is 14.8 Å². The molecule has 2 unspecified atom stereocenters. The van der Waals surface area contributed by atoms with Crippen LogP contribution < -0.4 is 4.74 Å². The Morgan fingerprint density at radius 2 is 2.04 bits per heavy atom. The van der Waals surface area contributed by atoms with Crippen LogP contribution in [0, 0.1) is 0 Å². The highest BCUT2D eigenvalue weighted by atomic mass is 35.5. The fourth-order valence-corrected chi connectivity index (χ4v) is 3.54. The van der Waals surface area contributed by atoms with Gasteiger partial charge in [0.05, 0.1) is 11.6 Å².